The fourth-order valence-electron chi connectivity index (χ4n) is 3.30. The van der Waals surface area contributed by atoms with Crippen LogP contribution in [0.4, 0.5) is 0 Å². The molecule has 0 N–H and O–H groups in total. The zero-order valence-electron chi connectivity index (χ0n) is 15.5. The molecule has 2 aromatic rings. The molecule has 1 aliphatic heterocycles. The molecular weight excluding hydrogens is 312 g/mol. The van der Waals surface area contributed by atoms with E-state index in [9.17, 15) is 0 Å². The van der Waals surface area contributed by atoms with Crippen LogP contribution in [0.15, 0.2) is 48.5 Å². The van der Waals surface area contributed by atoms with Gasteiger partial charge < -0.3 is 19.3 Å². The van der Waals surface area contributed by atoms with Crippen LogP contribution in [0.5, 0.6) is 11.5 Å². The van der Waals surface area contributed by atoms with Gasteiger partial charge in [-0.05, 0) is 62.4 Å². The van der Waals surface area contributed by atoms with Gasteiger partial charge in [-0.25, -0.2) is 0 Å². The van der Waals surface area contributed by atoms with Crippen molar-refractivity contribution in [2.75, 3.05) is 34.0 Å². The van der Waals surface area contributed by atoms with Gasteiger partial charge in [-0.2, -0.15) is 0 Å². The number of hydrogen-bond donors (Lipinski definition) is 0. The molecule has 0 saturated carbocycles. The smallest absolute Gasteiger partial charge is 0.118 e. The molecule has 0 bridgehead atoms. The summed E-state index contributed by atoms with van der Waals surface area (Å²) in [6.45, 7) is 7.26. The Morgan fingerprint density at radius 2 is 1.04 bits per heavy atom. The molecule has 25 heavy (non-hydrogen) atoms. The third-order valence-corrected chi connectivity index (χ3v) is 4.69. The Labute approximate surface area is 150 Å². The Morgan fingerprint density at radius 3 is 1.32 bits per heavy atom. The molecule has 0 fully saturated rings. The summed E-state index contributed by atoms with van der Waals surface area (Å²) in [5, 5.41) is 0. The first-order chi connectivity index (χ1) is 12.2. The average molecular weight is 338 g/mol. The molecule has 0 aliphatic carbocycles. The molecule has 0 spiro atoms. The van der Waals surface area contributed by atoms with E-state index in [2.05, 4.69) is 47.9 Å². The topological polar surface area (TPSA) is 24.9 Å². The minimum absolute atomic E-state index is 0.878. The molecule has 3 rings (SSSR count). The lowest BCUT2D eigenvalue weighted by Gasteiger charge is -2.22. The van der Waals surface area contributed by atoms with Gasteiger partial charge in [0, 0.05) is 24.2 Å². The molecule has 0 aromatic heterocycles. The van der Waals surface area contributed by atoms with E-state index in [4.69, 9.17) is 9.47 Å². The van der Waals surface area contributed by atoms with Crippen molar-refractivity contribution < 1.29 is 9.47 Å². The Bertz CT molecular complexity index is 672. The van der Waals surface area contributed by atoms with Crippen molar-refractivity contribution in [2.45, 2.75) is 13.8 Å². The highest BCUT2D eigenvalue weighted by Crippen LogP contribution is 2.38. The molecule has 0 unspecified atom stereocenters. The Morgan fingerprint density at radius 1 is 0.680 bits per heavy atom. The highest BCUT2D eigenvalue weighted by Gasteiger charge is 2.29. The maximum atomic E-state index is 5.31. The summed E-state index contributed by atoms with van der Waals surface area (Å²) in [6.07, 6.45) is 0. The molecule has 0 amide bonds. The van der Waals surface area contributed by atoms with Crippen molar-refractivity contribution >= 4 is 11.4 Å². The lowest BCUT2D eigenvalue weighted by molar-refractivity contribution is 0.297. The number of hydrogen-bond acceptors (Lipinski definition) is 4. The third-order valence-electron chi connectivity index (χ3n) is 4.69. The van der Waals surface area contributed by atoms with Gasteiger partial charge in [0.15, 0.2) is 0 Å². The second kappa shape index (κ2) is 7.51. The van der Waals surface area contributed by atoms with Gasteiger partial charge in [0.05, 0.1) is 32.3 Å². The summed E-state index contributed by atoms with van der Waals surface area (Å²) < 4.78 is 10.6. The fraction of sp³-hybridized carbons (Fsp3) is 0.333. The van der Waals surface area contributed by atoms with Crippen LogP contribution in [-0.2, 0) is 0 Å². The van der Waals surface area contributed by atoms with Crippen LogP contribution in [0.25, 0.3) is 11.4 Å². The van der Waals surface area contributed by atoms with Crippen molar-refractivity contribution in [2.24, 2.45) is 0 Å². The van der Waals surface area contributed by atoms with Crippen LogP contribution in [0.3, 0.4) is 0 Å². The average Bonchev–Trinajstić information content (AvgIpc) is 3.06. The first kappa shape index (κ1) is 17.2. The molecule has 132 valence electrons. The van der Waals surface area contributed by atoms with Gasteiger partial charge in [-0.3, -0.25) is 0 Å². The summed E-state index contributed by atoms with van der Waals surface area (Å²) in [7, 11) is 3.40. The molecule has 1 heterocycles. The summed E-state index contributed by atoms with van der Waals surface area (Å²) in [5.41, 5.74) is 4.98. The van der Waals surface area contributed by atoms with E-state index in [0.717, 1.165) is 31.3 Å². The van der Waals surface area contributed by atoms with Gasteiger partial charge in [-0.15, -0.1) is 0 Å². The Hall–Kier alpha value is -2.62. The summed E-state index contributed by atoms with van der Waals surface area (Å²) in [6, 6.07) is 16.7. The lowest BCUT2D eigenvalue weighted by Crippen LogP contribution is -2.27. The first-order valence-electron chi connectivity index (χ1n) is 8.74. The molecule has 0 atom stereocenters. The van der Waals surface area contributed by atoms with E-state index in [1.807, 2.05) is 24.3 Å². The molecular formula is C21H26N2O2. The van der Waals surface area contributed by atoms with Gasteiger partial charge in [0.2, 0.25) is 0 Å². The van der Waals surface area contributed by atoms with Gasteiger partial charge in [0.25, 0.3) is 0 Å². The Balaban J connectivity index is 2.12. The highest BCUT2D eigenvalue weighted by atomic mass is 16.5. The summed E-state index contributed by atoms with van der Waals surface area (Å²) in [4.78, 5) is 4.84. The summed E-state index contributed by atoms with van der Waals surface area (Å²) >= 11 is 0. The zero-order valence-corrected chi connectivity index (χ0v) is 15.5. The third kappa shape index (κ3) is 3.29. The van der Waals surface area contributed by atoms with E-state index in [1.54, 1.807) is 14.2 Å². The van der Waals surface area contributed by atoms with Crippen molar-refractivity contribution in [1.82, 2.24) is 9.80 Å². The minimum atomic E-state index is 0.878. The second-order valence-corrected chi connectivity index (χ2v) is 6.01. The minimum Gasteiger partial charge on any atom is -0.497 e. The maximum absolute atomic E-state index is 5.31. The first-order valence-corrected chi connectivity index (χ1v) is 8.74. The van der Waals surface area contributed by atoms with Gasteiger partial charge >= 0.3 is 0 Å². The standard InChI is InChI=1S/C21H26N2O2/c1-5-22-15-23(6-2)21(17-9-13-19(25-4)14-10-17)20(22)16-7-11-18(24-3)12-8-16/h7-14H,5-6,15H2,1-4H3. The highest BCUT2D eigenvalue weighted by molar-refractivity contribution is 5.91. The number of benzene rings is 2. The molecule has 4 nitrogen and oxygen atoms in total. The predicted octanol–water partition coefficient (Wildman–Crippen LogP) is 4.14. The number of rotatable bonds is 6. The van der Waals surface area contributed by atoms with Crippen molar-refractivity contribution in [3.8, 4) is 11.5 Å². The van der Waals surface area contributed by atoms with E-state index in [-0.39, 0.29) is 0 Å². The van der Waals surface area contributed by atoms with Crippen LogP contribution >= 0.6 is 0 Å². The van der Waals surface area contributed by atoms with E-state index in [1.165, 1.54) is 22.5 Å². The van der Waals surface area contributed by atoms with Crippen LogP contribution in [0.1, 0.15) is 25.0 Å². The zero-order chi connectivity index (χ0) is 17.8. The SMILES string of the molecule is CCN1CN(CC)C(c2ccc(OC)cc2)=C1c1ccc(OC)cc1. The number of methoxy groups -OCH3 is 2. The van der Waals surface area contributed by atoms with E-state index >= 15 is 0 Å². The fourth-order valence-corrected chi connectivity index (χ4v) is 3.30. The van der Waals surface area contributed by atoms with Crippen LogP contribution < -0.4 is 9.47 Å². The van der Waals surface area contributed by atoms with Gasteiger partial charge in [0.1, 0.15) is 11.5 Å². The number of ether oxygens (including phenoxy) is 2. The van der Waals surface area contributed by atoms with Crippen LogP contribution in [0.2, 0.25) is 0 Å². The predicted molar refractivity (Wildman–Crippen MR) is 102 cm³/mol. The summed E-state index contributed by atoms with van der Waals surface area (Å²) in [5.74, 6) is 1.76. The molecule has 2 aromatic carbocycles. The monoisotopic (exact) mass is 338 g/mol. The maximum Gasteiger partial charge on any atom is 0.118 e. The van der Waals surface area contributed by atoms with Crippen molar-refractivity contribution in [3.63, 3.8) is 0 Å². The second-order valence-electron chi connectivity index (χ2n) is 6.01. The van der Waals surface area contributed by atoms with Crippen LogP contribution in [0, 0.1) is 0 Å². The molecule has 0 radical (unpaired) electrons. The van der Waals surface area contributed by atoms with E-state index in [0.29, 0.717) is 0 Å². The normalized spacial score (nSPS) is 14.2. The Kier molecular flexibility index (Phi) is 5.17. The molecule has 4 heteroatoms. The van der Waals surface area contributed by atoms with E-state index < -0.39 is 0 Å². The van der Waals surface area contributed by atoms with Crippen LogP contribution in [-0.4, -0.2) is 43.8 Å². The molecule has 0 saturated heterocycles. The van der Waals surface area contributed by atoms with Gasteiger partial charge in [-0.1, -0.05) is 0 Å². The van der Waals surface area contributed by atoms with Crippen molar-refractivity contribution in [3.05, 3.63) is 59.7 Å². The molecule has 1 aliphatic rings. The largest absolute Gasteiger partial charge is 0.497 e. The lowest BCUT2D eigenvalue weighted by atomic mass is 10.0. The van der Waals surface area contributed by atoms with Crippen molar-refractivity contribution in [1.29, 1.82) is 0 Å². The number of nitrogens with zero attached hydrogens (tertiary/aromatic N) is 2. The quantitative estimate of drug-likeness (QED) is 0.790.